The van der Waals surface area contributed by atoms with Crippen molar-refractivity contribution in [2.45, 2.75) is 27.0 Å². The highest BCUT2D eigenvalue weighted by molar-refractivity contribution is 6.06. The molecule has 2 aromatic heterocycles. The lowest BCUT2D eigenvalue weighted by atomic mass is 9.97. The minimum Gasteiger partial charge on any atom is -0.480 e. The fourth-order valence-corrected chi connectivity index (χ4v) is 3.03. The fourth-order valence-electron chi connectivity index (χ4n) is 3.03. The second-order valence-electron chi connectivity index (χ2n) is 5.91. The van der Waals surface area contributed by atoms with Crippen molar-refractivity contribution in [2.24, 2.45) is 0 Å². The van der Waals surface area contributed by atoms with Gasteiger partial charge in [-0.25, -0.2) is 4.98 Å². The van der Waals surface area contributed by atoms with E-state index in [-0.39, 0.29) is 18.0 Å². The van der Waals surface area contributed by atoms with Crippen molar-refractivity contribution in [3.8, 4) is 17.0 Å². The minimum atomic E-state index is -1.03. The molecule has 0 radical (unpaired) electrons. The van der Waals surface area contributed by atoms with Crippen LogP contribution < -0.4 is 4.74 Å². The van der Waals surface area contributed by atoms with Gasteiger partial charge in [-0.3, -0.25) is 14.3 Å². The normalized spacial score (nSPS) is 12.4. The van der Waals surface area contributed by atoms with Crippen molar-refractivity contribution in [3.05, 3.63) is 35.4 Å². The summed E-state index contributed by atoms with van der Waals surface area (Å²) in [5, 5.41) is 13.9. The van der Waals surface area contributed by atoms with E-state index < -0.39 is 5.97 Å². The zero-order valence-corrected chi connectivity index (χ0v) is 13.6. The van der Waals surface area contributed by atoms with Crippen LogP contribution in [0.2, 0.25) is 0 Å². The van der Waals surface area contributed by atoms with Gasteiger partial charge in [-0.15, -0.1) is 0 Å². The summed E-state index contributed by atoms with van der Waals surface area (Å²) in [6.45, 7) is 3.19. The molecule has 4 rings (SSSR count). The van der Waals surface area contributed by atoms with E-state index in [1.54, 1.807) is 13.1 Å². The predicted octanol–water partition coefficient (Wildman–Crippen LogP) is 1.98. The van der Waals surface area contributed by atoms with Crippen LogP contribution in [-0.4, -0.2) is 36.6 Å². The third-order valence-electron chi connectivity index (χ3n) is 4.12. The number of rotatable bonds is 3. The second-order valence-corrected chi connectivity index (χ2v) is 5.91. The summed E-state index contributed by atoms with van der Waals surface area (Å²) >= 11 is 0. The van der Waals surface area contributed by atoms with Gasteiger partial charge >= 0.3 is 5.97 Å². The van der Waals surface area contributed by atoms with E-state index in [1.807, 2.05) is 12.1 Å². The Kier molecular flexibility index (Phi) is 3.28. The van der Waals surface area contributed by atoms with Crippen LogP contribution in [0.5, 0.6) is 5.88 Å². The fraction of sp³-hybridized carbons (Fsp3) is 0.235. The number of carboxylic acids is 1. The Labute approximate surface area is 142 Å². The Morgan fingerprint density at radius 2 is 2.12 bits per heavy atom. The average Bonchev–Trinajstić information content (AvgIpc) is 2.90. The van der Waals surface area contributed by atoms with E-state index in [4.69, 9.17) is 9.84 Å². The maximum absolute atomic E-state index is 11.9. The van der Waals surface area contributed by atoms with Gasteiger partial charge in [0.2, 0.25) is 5.88 Å². The summed E-state index contributed by atoms with van der Waals surface area (Å²) < 4.78 is 7.02. The number of aryl methyl sites for hydroxylation is 1. The molecule has 0 fully saturated rings. The van der Waals surface area contributed by atoms with Crippen LogP contribution in [0.15, 0.2) is 18.3 Å². The molecule has 0 atom stereocenters. The topological polar surface area (TPSA) is 107 Å². The largest absolute Gasteiger partial charge is 0.480 e. The molecule has 0 amide bonds. The lowest BCUT2D eigenvalue weighted by Gasteiger charge is -2.20. The molecule has 3 aromatic rings. The number of hydrogen-bond donors (Lipinski definition) is 1. The van der Waals surface area contributed by atoms with Gasteiger partial charge in [0.05, 0.1) is 11.1 Å². The van der Waals surface area contributed by atoms with Crippen LogP contribution in [0, 0.1) is 6.92 Å². The number of carbonyl (C=O) groups is 2. The first-order chi connectivity index (χ1) is 11.9. The summed E-state index contributed by atoms with van der Waals surface area (Å²) in [4.78, 5) is 31.5. The number of ketones is 1. The van der Waals surface area contributed by atoms with Crippen molar-refractivity contribution in [1.82, 2.24) is 19.7 Å². The van der Waals surface area contributed by atoms with Crippen LogP contribution in [0.1, 0.15) is 28.8 Å². The molecular weight excluding hydrogens is 324 g/mol. The van der Waals surface area contributed by atoms with Gasteiger partial charge in [0.1, 0.15) is 24.7 Å². The van der Waals surface area contributed by atoms with E-state index in [2.05, 4.69) is 15.1 Å². The maximum Gasteiger partial charge on any atom is 0.325 e. The zero-order valence-electron chi connectivity index (χ0n) is 13.6. The number of nitrogens with zero attached hydrogens (tertiary/aromatic N) is 4. The van der Waals surface area contributed by atoms with Gasteiger partial charge < -0.3 is 9.84 Å². The number of fused-ring (bicyclic) bond motifs is 4. The smallest absolute Gasteiger partial charge is 0.325 e. The molecule has 3 heterocycles. The Balaban J connectivity index is 1.99. The highest BCUT2D eigenvalue weighted by atomic mass is 16.5. The van der Waals surface area contributed by atoms with E-state index in [0.717, 1.165) is 16.7 Å². The summed E-state index contributed by atoms with van der Waals surface area (Å²) in [6.07, 6.45) is 1.69. The molecule has 8 heteroatoms. The van der Waals surface area contributed by atoms with Gasteiger partial charge in [0.15, 0.2) is 5.78 Å². The van der Waals surface area contributed by atoms with Gasteiger partial charge in [-0.1, -0.05) is 0 Å². The van der Waals surface area contributed by atoms with E-state index in [0.29, 0.717) is 29.2 Å². The Morgan fingerprint density at radius 3 is 2.84 bits per heavy atom. The Morgan fingerprint density at radius 1 is 1.32 bits per heavy atom. The maximum atomic E-state index is 11.9. The monoisotopic (exact) mass is 338 g/mol. The molecule has 0 spiro atoms. The first-order valence-corrected chi connectivity index (χ1v) is 7.67. The number of Topliss-reactive ketones (excluding diaryl/α,β-unsaturated/α-hetero) is 1. The Bertz CT molecular complexity index is 1050. The first-order valence-electron chi connectivity index (χ1n) is 7.67. The minimum absolute atomic E-state index is 0.221. The van der Waals surface area contributed by atoms with Crippen molar-refractivity contribution in [2.75, 3.05) is 0 Å². The quantitative estimate of drug-likeness (QED) is 0.728. The molecule has 1 aliphatic heterocycles. The SMILES string of the molecule is CC(=O)c1nn(CC(=O)O)c2cc3c(cc12)-c1cnc(C)nc1OC3. The molecule has 1 aliphatic rings. The van der Waals surface area contributed by atoms with Crippen molar-refractivity contribution in [3.63, 3.8) is 0 Å². The van der Waals surface area contributed by atoms with Crippen LogP contribution >= 0.6 is 0 Å². The van der Waals surface area contributed by atoms with Crippen LogP contribution in [0.25, 0.3) is 22.0 Å². The molecule has 126 valence electrons. The number of carbonyl (C=O) groups excluding carboxylic acids is 1. The molecule has 8 nitrogen and oxygen atoms in total. The summed E-state index contributed by atoms with van der Waals surface area (Å²) in [6, 6.07) is 3.66. The van der Waals surface area contributed by atoms with Gasteiger partial charge in [-0.05, 0) is 30.2 Å². The molecule has 0 bridgehead atoms. The van der Waals surface area contributed by atoms with Crippen molar-refractivity contribution >= 4 is 22.7 Å². The van der Waals surface area contributed by atoms with Crippen molar-refractivity contribution < 1.29 is 19.4 Å². The lowest BCUT2D eigenvalue weighted by molar-refractivity contribution is -0.137. The second kappa shape index (κ2) is 5.37. The third kappa shape index (κ3) is 2.42. The Hall–Kier alpha value is -3.29. The van der Waals surface area contributed by atoms with E-state index in [9.17, 15) is 9.59 Å². The number of ether oxygens (including phenoxy) is 1. The first kappa shape index (κ1) is 15.3. The number of hydrogen-bond acceptors (Lipinski definition) is 6. The standard InChI is InChI=1S/C17H14N4O4/c1-8(22)16-12-4-11-10(3-14(12)21(20-16)6-15(23)24)7-25-17-13(11)5-18-9(2)19-17/h3-5H,6-7H2,1-2H3,(H,23,24). The van der Waals surface area contributed by atoms with E-state index >= 15 is 0 Å². The molecule has 0 saturated carbocycles. The number of carboxylic acid groups (broad SMARTS) is 1. The molecule has 0 saturated heterocycles. The summed E-state index contributed by atoms with van der Waals surface area (Å²) in [5.74, 6) is -0.132. The van der Waals surface area contributed by atoms with Crippen LogP contribution in [-0.2, 0) is 17.9 Å². The number of aliphatic carboxylic acids is 1. The van der Waals surface area contributed by atoms with Gasteiger partial charge in [0, 0.05) is 18.5 Å². The highest BCUT2D eigenvalue weighted by Gasteiger charge is 2.24. The zero-order chi connectivity index (χ0) is 17.7. The molecular formula is C17H14N4O4. The van der Waals surface area contributed by atoms with Crippen LogP contribution in [0.3, 0.4) is 0 Å². The molecule has 25 heavy (non-hydrogen) atoms. The number of benzene rings is 1. The average molecular weight is 338 g/mol. The molecule has 0 unspecified atom stereocenters. The van der Waals surface area contributed by atoms with Gasteiger partial charge in [-0.2, -0.15) is 10.1 Å². The van der Waals surface area contributed by atoms with Crippen molar-refractivity contribution in [1.29, 1.82) is 0 Å². The summed E-state index contributed by atoms with van der Waals surface area (Å²) in [5.41, 5.74) is 3.32. The molecule has 1 aromatic carbocycles. The molecule has 0 aliphatic carbocycles. The van der Waals surface area contributed by atoms with E-state index in [1.165, 1.54) is 11.6 Å². The molecule has 1 N–H and O–H groups in total. The number of aromatic nitrogens is 4. The highest BCUT2D eigenvalue weighted by Crippen LogP contribution is 2.38. The van der Waals surface area contributed by atoms with Crippen LogP contribution in [0.4, 0.5) is 0 Å². The third-order valence-corrected chi connectivity index (χ3v) is 4.12. The van der Waals surface area contributed by atoms with Gasteiger partial charge in [0.25, 0.3) is 0 Å². The lowest BCUT2D eigenvalue weighted by Crippen LogP contribution is -2.11. The summed E-state index contributed by atoms with van der Waals surface area (Å²) in [7, 11) is 0. The predicted molar refractivity (Wildman–Crippen MR) is 87.5 cm³/mol.